The van der Waals surface area contributed by atoms with E-state index in [9.17, 15) is 32.9 Å². The first-order valence-corrected chi connectivity index (χ1v) is 10.1. The van der Waals surface area contributed by atoms with E-state index in [1.54, 1.807) is 6.92 Å². The molecule has 0 N–H and O–H groups in total. The number of nitrogens with zero attached hydrogens (tertiary/aromatic N) is 1. The number of halogens is 4. The monoisotopic (exact) mass is 489 g/mol. The largest absolute Gasteiger partial charge is 0.466 e. The van der Waals surface area contributed by atoms with Crippen LogP contribution in [-0.2, 0) is 20.4 Å². The fourth-order valence-corrected chi connectivity index (χ4v) is 2.85. The maximum absolute atomic E-state index is 12.8. The first-order chi connectivity index (χ1) is 15.5. The zero-order valence-electron chi connectivity index (χ0n) is 17.3. The lowest BCUT2D eigenvalue weighted by atomic mass is 10.1. The van der Waals surface area contributed by atoms with E-state index in [4.69, 9.17) is 25.8 Å². The van der Waals surface area contributed by atoms with Gasteiger partial charge in [-0.05, 0) is 44.0 Å². The summed E-state index contributed by atoms with van der Waals surface area (Å²) in [6.07, 6.45) is -3.73. The van der Waals surface area contributed by atoms with E-state index in [0.29, 0.717) is 18.9 Å². The lowest BCUT2D eigenvalue weighted by Crippen LogP contribution is -2.10. The molecular weight excluding hydrogens is 471 g/mol. The fourth-order valence-electron chi connectivity index (χ4n) is 2.64. The minimum Gasteiger partial charge on any atom is -0.466 e. The summed E-state index contributed by atoms with van der Waals surface area (Å²) in [5, 5.41) is 10.9. The van der Waals surface area contributed by atoms with Crippen LogP contribution in [0.15, 0.2) is 36.4 Å². The van der Waals surface area contributed by atoms with E-state index in [-0.39, 0.29) is 42.1 Å². The number of benzene rings is 2. The number of nitro groups is 1. The van der Waals surface area contributed by atoms with Crippen LogP contribution in [0.2, 0.25) is 5.02 Å². The van der Waals surface area contributed by atoms with Crippen molar-refractivity contribution in [2.75, 3.05) is 13.2 Å². The summed E-state index contributed by atoms with van der Waals surface area (Å²) in [4.78, 5) is 34.1. The highest BCUT2D eigenvalue weighted by atomic mass is 35.5. The number of carbonyl (C=O) groups excluding carboxylic acids is 2. The number of hydrogen-bond acceptors (Lipinski definition) is 7. The Morgan fingerprint density at radius 1 is 1.09 bits per heavy atom. The molecule has 0 aliphatic carbocycles. The van der Waals surface area contributed by atoms with Gasteiger partial charge >= 0.3 is 18.1 Å². The molecule has 178 valence electrons. The normalized spacial score (nSPS) is 11.1. The van der Waals surface area contributed by atoms with Gasteiger partial charge in [0.25, 0.3) is 5.69 Å². The van der Waals surface area contributed by atoms with Crippen molar-refractivity contribution in [3.05, 3.63) is 62.7 Å². The van der Waals surface area contributed by atoms with Crippen LogP contribution in [0, 0.1) is 10.1 Å². The maximum Gasteiger partial charge on any atom is 0.416 e. The third-order valence-electron chi connectivity index (χ3n) is 4.19. The second kappa shape index (κ2) is 11.5. The van der Waals surface area contributed by atoms with E-state index >= 15 is 0 Å². The van der Waals surface area contributed by atoms with Crippen molar-refractivity contribution in [2.24, 2.45) is 0 Å². The molecular formula is C21H19ClF3NO7. The van der Waals surface area contributed by atoms with Gasteiger partial charge in [-0.1, -0.05) is 11.6 Å². The summed E-state index contributed by atoms with van der Waals surface area (Å²) in [6, 6.07) is 5.64. The standard InChI is InChI=1S/C21H19ClF3NO7/c1-2-31-19(27)5-3-4-10-32-20(28)15-12-14(7-8-17(15)26(29)30)33-18-9-6-13(11-16(18)22)21(23,24)25/h6-9,11-12H,2-5,10H2,1H3. The lowest BCUT2D eigenvalue weighted by molar-refractivity contribution is -0.385. The van der Waals surface area contributed by atoms with Crippen LogP contribution in [0.1, 0.15) is 42.1 Å². The third kappa shape index (κ3) is 7.63. The van der Waals surface area contributed by atoms with Crippen molar-refractivity contribution in [1.82, 2.24) is 0 Å². The SMILES string of the molecule is CCOC(=O)CCCCOC(=O)c1cc(Oc2ccc(C(F)(F)F)cc2Cl)ccc1[N+](=O)[O-]. The first-order valence-electron chi connectivity index (χ1n) is 9.68. The predicted octanol–water partition coefficient (Wildman–Crippen LogP) is 5.95. The molecule has 0 spiro atoms. The molecule has 2 aromatic rings. The zero-order chi connectivity index (χ0) is 24.6. The molecule has 2 aromatic carbocycles. The average molecular weight is 490 g/mol. The number of ether oxygens (including phenoxy) is 3. The molecule has 0 atom stereocenters. The van der Waals surface area contributed by atoms with Gasteiger partial charge in [0.05, 0.1) is 28.7 Å². The van der Waals surface area contributed by atoms with E-state index in [2.05, 4.69) is 0 Å². The first kappa shape index (κ1) is 25.9. The molecule has 0 saturated heterocycles. The van der Waals surface area contributed by atoms with Crippen molar-refractivity contribution in [3.8, 4) is 11.5 Å². The molecule has 2 rings (SSSR count). The zero-order valence-corrected chi connectivity index (χ0v) is 18.1. The van der Waals surface area contributed by atoms with Crippen LogP contribution in [0.25, 0.3) is 0 Å². The van der Waals surface area contributed by atoms with Gasteiger partial charge in [-0.2, -0.15) is 13.2 Å². The Balaban J connectivity index is 2.10. The van der Waals surface area contributed by atoms with Crippen LogP contribution in [0.3, 0.4) is 0 Å². The Kier molecular flexibility index (Phi) is 9.03. The van der Waals surface area contributed by atoms with Crippen LogP contribution >= 0.6 is 11.6 Å². The van der Waals surface area contributed by atoms with Gasteiger partial charge in [0.1, 0.15) is 17.1 Å². The number of hydrogen-bond donors (Lipinski definition) is 0. The van der Waals surface area contributed by atoms with Gasteiger partial charge in [-0.25, -0.2) is 4.79 Å². The quantitative estimate of drug-likeness (QED) is 0.176. The van der Waals surface area contributed by atoms with Gasteiger partial charge < -0.3 is 14.2 Å². The molecule has 0 unspecified atom stereocenters. The van der Waals surface area contributed by atoms with Crippen LogP contribution < -0.4 is 4.74 Å². The molecule has 0 amide bonds. The molecule has 0 fully saturated rings. The van der Waals surface area contributed by atoms with Crippen molar-refractivity contribution in [1.29, 1.82) is 0 Å². The molecule has 0 aliphatic heterocycles. The van der Waals surface area contributed by atoms with E-state index in [1.807, 2.05) is 0 Å². The Morgan fingerprint density at radius 2 is 1.82 bits per heavy atom. The minimum absolute atomic E-state index is 0.0727. The molecule has 0 aromatic heterocycles. The summed E-state index contributed by atoms with van der Waals surface area (Å²) in [5.74, 6) is -1.60. The smallest absolute Gasteiger partial charge is 0.416 e. The number of esters is 2. The fraction of sp³-hybridized carbons (Fsp3) is 0.333. The van der Waals surface area contributed by atoms with E-state index in [1.165, 1.54) is 6.07 Å². The summed E-state index contributed by atoms with van der Waals surface area (Å²) in [7, 11) is 0. The number of unbranched alkanes of at least 4 members (excludes halogenated alkanes) is 1. The Morgan fingerprint density at radius 3 is 2.42 bits per heavy atom. The summed E-state index contributed by atoms with van der Waals surface area (Å²) in [6.45, 7) is 1.84. The number of alkyl halides is 3. The average Bonchev–Trinajstić information content (AvgIpc) is 2.74. The number of rotatable bonds is 10. The molecule has 0 heterocycles. The topological polar surface area (TPSA) is 105 Å². The minimum atomic E-state index is -4.59. The predicted molar refractivity (Wildman–Crippen MR) is 110 cm³/mol. The highest BCUT2D eigenvalue weighted by Crippen LogP contribution is 2.37. The van der Waals surface area contributed by atoms with Crippen molar-refractivity contribution in [2.45, 2.75) is 32.4 Å². The highest BCUT2D eigenvalue weighted by Gasteiger charge is 2.31. The Bertz CT molecular complexity index is 1030. The Hall–Kier alpha value is -3.34. The van der Waals surface area contributed by atoms with Crippen LogP contribution in [0.5, 0.6) is 11.5 Å². The van der Waals surface area contributed by atoms with E-state index < -0.39 is 33.9 Å². The van der Waals surface area contributed by atoms with Gasteiger partial charge in [0.15, 0.2) is 0 Å². The summed E-state index contributed by atoms with van der Waals surface area (Å²) in [5.41, 5.74) is -1.93. The van der Waals surface area contributed by atoms with Crippen molar-refractivity contribution in [3.63, 3.8) is 0 Å². The van der Waals surface area contributed by atoms with Gasteiger partial charge in [0.2, 0.25) is 0 Å². The van der Waals surface area contributed by atoms with Crippen LogP contribution in [0.4, 0.5) is 18.9 Å². The second-order valence-electron chi connectivity index (χ2n) is 6.58. The molecule has 0 radical (unpaired) electrons. The Labute approximate surface area is 191 Å². The lowest BCUT2D eigenvalue weighted by Gasteiger charge is -2.12. The van der Waals surface area contributed by atoms with Crippen LogP contribution in [-0.4, -0.2) is 30.1 Å². The van der Waals surface area contributed by atoms with Crippen molar-refractivity contribution >= 4 is 29.2 Å². The van der Waals surface area contributed by atoms with Crippen molar-refractivity contribution < 1.29 is 41.9 Å². The van der Waals surface area contributed by atoms with Gasteiger partial charge in [-0.3, -0.25) is 14.9 Å². The molecule has 33 heavy (non-hydrogen) atoms. The maximum atomic E-state index is 12.8. The second-order valence-corrected chi connectivity index (χ2v) is 6.99. The molecule has 0 bridgehead atoms. The highest BCUT2D eigenvalue weighted by molar-refractivity contribution is 6.32. The third-order valence-corrected chi connectivity index (χ3v) is 4.48. The molecule has 12 heteroatoms. The van der Waals surface area contributed by atoms with Gasteiger partial charge in [0, 0.05) is 18.6 Å². The summed E-state index contributed by atoms with van der Waals surface area (Å²) >= 11 is 5.85. The molecule has 0 aliphatic rings. The molecule has 8 nitrogen and oxygen atoms in total. The summed E-state index contributed by atoms with van der Waals surface area (Å²) < 4.78 is 53.6. The van der Waals surface area contributed by atoms with E-state index in [0.717, 1.165) is 24.3 Å². The number of carbonyl (C=O) groups is 2. The number of nitro benzene ring substituents is 1. The van der Waals surface area contributed by atoms with Gasteiger partial charge in [-0.15, -0.1) is 0 Å². The molecule has 0 saturated carbocycles.